The van der Waals surface area contributed by atoms with E-state index in [-0.39, 0.29) is 16.7 Å². The van der Waals surface area contributed by atoms with Crippen LogP contribution < -0.4 is 5.32 Å². The molecule has 1 aromatic rings. The highest BCUT2D eigenvalue weighted by atomic mass is 32.2. The van der Waals surface area contributed by atoms with Crippen LogP contribution in [0.3, 0.4) is 0 Å². The van der Waals surface area contributed by atoms with Crippen molar-refractivity contribution in [3.8, 4) is 0 Å². The van der Waals surface area contributed by atoms with Crippen molar-refractivity contribution in [3.63, 3.8) is 0 Å². The van der Waals surface area contributed by atoms with E-state index in [1.165, 1.54) is 18.4 Å². The Morgan fingerprint density at radius 2 is 1.92 bits per heavy atom. The summed E-state index contributed by atoms with van der Waals surface area (Å²) in [6.45, 7) is 3.39. The first-order valence-electron chi connectivity index (χ1n) is 8.26. The number of hydrogen-bond donors (Lipinski definition) is 1. The van der Waals surface area contributed by atoms with Crippen molar-refractivity contribution in [2.75, 3.05) is 34.2 Å². The fraction of sp³-hybridized carbons (Fsp3) is 0.588. The number of carbonyl (C=O) groups is 1. The number of sulfonamides is 1. The molecule has 0 radical (unpaired) electrons. The van der Waals surface area contributed by atoms with Crippen LogP contribution in [0.1, 0.15) is 31.2 Å². The molecule has 1 aliphatic rings. The van der Waals surface area contributed by atoms with Gasteiger partial charge in [0.1, 0.15) is 0 Å². The van der Waals surface area contributed by atoms with Crippen molar-refractivity contribution < 1.29 is 13.2 Å². The molecular formula is C17H27N3O3S. The van der Waals surface area contributed by atoms with Crippen LogP contribution >= 0.6 is 0 Å². The second-order valence-corrected chi connectivity index (χ2v) is 8.64. The third-order valence-electron chi connectivity index (χ3n) is 4.67. The molecule has 1 aliphatic heterocycles. The van der Waals surface area contributed by atoms with E-state index >= 15 is 0 Å². The minimum absolute atomic E-state index is 0.0955. The first-order chi connectivity index (χ1) is 11.3. The van der Waals surface area contributed by atoms with Gasteiger partial charge in [0.05, 0.1) is 10.8 Å². The molecule has 0 spiro atoms. The number of likely N-dealkylation sites (N-methyl/N-ethyl adjacent to an activating group) is 1. The third-order valence-corrected chi connectivity index (χ3v) is 6.50. The van der Waals surface area contributed by atoms with Gasteiger partial charge in [-0.05, 0) is 44.5 Å². The van der Waals surface area contributed by atoms with E-state index in [4.69, 9.17) is 0 Å². The average molecular weight is 353 g/mol. The highest BCUT2D eigenvalue weighted by Crippen LogP contribution is 2.23. The van der Waals surface area contributed by atoms with E-state index in [0.717, 1.165) is 31.5 Å². The number of carbonyl (C=O) groups excluding carboxylic acids is 1. The van der Waals surface area contributed by atoms with Gasteiger partial charge < -0.3 is 10.2 Å². The molecule has 1 saturated heterocycles. The van der Waals surface area contributed by atoms with E-state index in [1.54, 1.807) is 24.3 Å². The number of benzene rings is 1. The third kappa shape index (κ3) is 3.96. The number of nitrogens with zero attached hydrogens (tertiary/aromatic N) is 2. The first-order valence-corrected chi connectivity index (χ1v) is 9.70. The summed E-state index contributed by atoms with van der Waals surface area (Å²) in [7, 11) is 1.49. The predicted octanol–water partition coefficient (Wildman–Crippen LogP) is 1.25. The Morgan fingerprint density at radius 3 is 2.46 bits per heavy atom. The number of hydrogen-bond acceptors (Lipinski definition) is 4. The summed E-state index contributed by atoms with van der Waals surface area (Å²) < 4.78 is 25.4. The summed E-state index contributed by atoms with van der Waals surface area (Å²) in [5, 5.41) is 3.24. The summed E-state index contributed by atoms with van der Waals surface area (Å²) in [5.41, 5.74) is 0.837. The molecular weight excluding hydrogens is 326 g/mol. The Morgan fingerprint density at radius 1 is 1.29 bits per heavy atom. The lowest BCUT2D eigenvalue weighted by molar-refractivity contribution is -0.133. The Balaban J connectivity index is 2.12. The molecule has 7 heteroatoms. The van der Waals surface area contributed by atoms with Crippen molar-refractivity contribution >= 4 is 15.9 Å². The summed E-state index contributed by atoms with van der Waals surface area (Å²) in [6.07, 6.45) is 2.09. The molecule has 0 saturated carbocycles. The van der Waals surface area contributed by atoms with Crippen LogP contribution in [0.15, 0.2) is 29.2 Å². The molecule has 1 heterocycles. The van der Waals surface area contributed by atoms with Crippen molar-refractivity contribution in [2.24, 2.45) is 0 Å². The highest BCUT2D eigenvalue weighted by molar-refractivity contribution is 7.89. The van der Waals surface area contributed by atoms with E-state index in [9.17, 15) is 13.2 Å². The molecule has 2 unspecified atom stereocenters. The van der Waals surface area contributed by atoms with Gasteiger partial charge in [0.2, 0.25) is 15.9 Å². The van der Waals surface area contributed by atoms with Gasteiger partial charge in [-0.15, -0.1) is 0 Å². The molecule has 2 atom stereocenters. The lowest BCUT2D eigenvalue weighted by Gasteiger charge is -2.34. The quantitative estimate of drug-likeness (QED) is 0.865. The first kappa shape index (κ1) is 18.9. The molecule has 0 bridgehead atoms. The smallest absolute Gasteiger partial charge is 0.242 e. The van der Waals surface area contributed by atoms with Gasteiger partial charge in [0.15, 0.2) is 0 Å². The molecule has 2 rings (SSSR count). The number of rotatable bonds is 5. The van der Waals surface area contributed by atoms with Crippen LogP contribution in [0.25, 0.3) is 0 Å². The van der Waals surface area contributed by atoms with Gasteiger partial charge in [0.25, 0.3) is 0 Å². The fourth-order valence-corrected chi connectivity index (χ4v) is 3.87. The summed E-state index contributed by atoms with van der Waals surface area (Å²) in [5.74, 6) is -0.185. The van der Waals surface area contributed by atoms with Crippen molar-refractivity contribution in [1.82, 2.24) is 14.5 Å². The normalized spacial score (nSPS) is 20.2. The molecule has 0 aromatic heterocycles. The molecule has 1 aromatic carbocycles. The van der Waals surface area contributed by atoms with Gasteiger partial charge in [-0.3, -0.25) is 4.79 Å². The van der Waals surface area contributed by atoms with Crippen LogP contribution in [-0.4, -0.2) is 63.8 Å². The Hall–Kier alpha value is -1.44. The van der Waals surface area contributed by atoms with Crippen molar-refractivity contribution in [1.29, 1.82) is 0 Å². The maximum absolute atomic E-state index is 12.7. The number of piperidine rings is 1. The second kappa shape index (κ2) is 7.63. The predicted molar refractivity (Wildman–Crippen MR) is 94.4 cm³/mol. The minimum atomic E-state index is -3.44. The maximum atomic E-state index is 12.7. The number of likely N-dealkylation sites (tertiary alicyclic amines) is 1. The van der Waals surface area contributed by atoms with Crippen LogP contribution in [0, 0.1) is 0 Å². The van der Waals surface area contributed by atoms with Crippen molar-refractivity contribution in [2.45, 2.75) is 36.6 Å². The van der Waals surface area contributed by atoms with Crippen LogP contribution in [-0.2, 0) is 14.8 Å². The number of amides is 1. The lowest BCUT2D eigenvalue weighted by atomic mass is 9.97. The van der Waals surface area contributed by atoms with Gasteiger partial charge >= 0.3 is 0 Å². The Labute approximate surface area is 144 Å². The minimum Gasteiger partial charge on any atom is -0.341 e. The summed E-state index contributed by atoms with van der Waals surface area (Å²) in [6, 6.07) is 6.96. The van der Waals surface area contributed by atoms with Gasteiger partial charge in [-0.1, -0.05) is 12.1 Å². The highest BCUT2D eigenvalue weighted by Gasteiger charge is 2.27. The zero-order valence-corrected chi connectivity index (χ0v) is 15.6. The Bertz CT molecular complexity index is 671. The van der Waals surface area contributed by atoms with Crippen LogP contribution in [0.4, 0.5) is 0 Å². The Kier molecular flexibility index (Phi) is 6.01. The van der Waals surface area contributed by atoms with E-state index in [2.05, 4.69) is 5.32 Å². The average Bonchev–Trinajstić information content (AvgIpc) is 2.60. The molecule has 24 heavy (non-hydrogen) atoms. The van der Waals surface area contributed by atoms with Gasteiger partial charge in [-0.25, -0.2) is 12.7 Å². The molecule has 1 amide bonds. The molecule has 1 fully saturated rings. The van der Waals surface area contributed by atoms with E-state index in [1.807, 2.05) is 18.9 Å². The molecule has 6 nitrogen and oxygen atoms in total. The van der Waals surface area contributed by atoms with E-state index in [0.29, 0.717) is 6.04 Å². The zero-order chi connectivity index (χ0) is 17.9. The van der Waals surface area contributed by atoms with E-state index < -0.39 is 10.0 Å². The molecule has 0 aliphatic carbocycles. The standard InChI is InChI=1S/C17H27N3O3S/c1-13(17(21)20-11-5-6-15(12-20)18-2)14-7-9-16(10-8-14)24(22,23)19(3)4/h7-10,13,15,18H,5-6,11-12H2,1-4H3. The second-order valence-electron chi connectivity index (χ2n) is 6.49. The lowest BCUT2D eigenvalue weighted by Crippen LogP contribution is -2.48. The van der Waals surface area contributed by atoms with Crippen LogP contribution in [0.5, 0.6) is 0 Å². The largest absolute Gasteiger partial charge is 0.341 e. The monoisotopic (exact) mass is 353 g/mol. The summed E-state index contributed by atoms with van der Waals surface area (Å²) in [4.78, 5) is 14.9. The van der Waals surface area contributed by atoms with Crippen molar-refractivity contribution in [3.05, 3.63) is 29.8 Å². The fourth-order valence-electron chi connectivity index (χ4n) is 2.97. The van der Waals surface area contributed by atoms with Crippen LogP contribution in [0.2, 0.25) is 0 Å². The molecule has 1 N–H and O–H groups in total. The zero-order valence-electron chi connectivity index (χ0n) is 14.8. The number of nitrogens with one attached hydrogen (secondary N) is 1. The van der Waals surface area contributed by atoms with Gasteiger partial charge in [-0.2, -0.15) is 0 Å². The SMILES string of the molecule is CNC1CCCN(C(=O)C(C)c2ccc(S(=O)(=O)N(C)C)cc2)C1. The van der Waals surface area contributed by atoms with Gasteiger partial charge in [0, 0.05) is 33.2 Å². The maximum Gasteiger partial charge on any atom is 0.242 e. The molecule has 134 valence electrons. The summed E-state index contributed by atoms with van der Waals surface area (Å²) >= 11 is 0. The topological polar surface area (TPSA) is 69.7 Å².